The molecule has 0 radical (unpaired) electrons. The Morgan fingerprint density at radius 1 is 1.35 bits per heavy atom. The van der Waals surface area contributed by atoms with Crippen LogP contribution in [0.4, 0.5) is 4.39 Å². The predicted octanol–water partition coefficient (Wildman–Crippen LogP) is 1.65. The van der Waals surface area contributed by atoms with Gasteiger partial charge in [-0.15, -0.1) is 0 Å². The Bertz CT molecular complexity index is 430. The molecule has 0 aromatic heterocycles. The van der Waals surface area contributed by atoms with E-state index in [4.69, 9.17) is 0 Å². The molecule has 1 rings (SSSR count). The maximum absolute atomic E-state index is 12.8. The second-order valence-corrected chi connectivity index (χ2v) is 3.75. The van der Waals surface area contributed by atoms with Gasteiger partial charge in [0.25, 0.3) is 0 Å². The quantitative estimate of drug-likeness (QED) is 0.839. The van der Waals surface area contributed by atoms with Crippen LogP contribution in [-0.4, -0.2) is 17.0 Å². The Balaban J connectivity index is 3.26. The lowest BCUT2D eigenvalue weighted by Gasteiger charge is -2.29. The van der Waals surface area contributed by atoms with E-state index in [9.17, 15) is 19.1 Å². The third-order valence-electron chi connectivity index (χ3n) is 2.62. The molecule has 5 heteroatoms. The second-order valence-electron chi connectivity index (χ2n) is 3.75. The van der Waals surface area contributed by atoms with Gasteiger partial charge in [0.05, 0.1) is 0 Å². The molecule has 17 heavy (non-hydrogen) atoms. The van der Waals surface area contributed by atoms with Crippen molar-refractivity contribution in [3.63, 3.8) is 0 Å². The highest BCUT2D eigenvalue weighted by Crippen LogP contribution is 2.25. The zero-order valence-corrected chi connectivity index (χ0v) is 9.66. The summed E-state index contributed by atoms with van der Waals surface area (Å²) in [5.74, 6) is -2.06. The molecule has 4 nitrogen and oxygen atoms in total. The number of carbonyl (C=O) groups is 2. The van der Waals surface area contributed by atoms with E-state index in [0.29, 0.717) is 5.56 Å². The maximum atomic E-state index is 12.8. The first kappa shape index (κ1) is 13.2. The summed E-state index contributed by atoms with van der Waals surface area (Å²) in [7, 11) is 0. The number of hydrogen-bond acceptors (Lipinski definition) is 2. The van der Waals surface area contributed by atoms with Crippen LogP contribution in [0.25, 0.3) is 0 Å². The van der Waals surface area contributed by atoms with Gasteiger partial charge < -0.3 is 10.4 Å². The number of carboxylic acid groups (broad SMARTS) is 1. The van der Waals surface area contributed by atoms with Gasteiger partial charge in [-0.25, -0.2) is 9.18 Å². The minimum absolute atomic E-state index is 0.174. The second kappa shape index (κ2) is 4.95. The largest absolute Gasteiger partial charge is 0.479 e. The van der Waals surface area contributed by atoms with Gasteiger partial charge in [-0.05, 0) is 24.1 Å². The third kappa shape index (κ3) is 2.61. The molecule has 1 aromatic rings. The Morgan fingerprint density at radius 2 is 1.88 bits per heavy atom. The van der Waals surface area contributed by atoms with Crippen molar-refractivity contribution in [2.24, 2.45) is 0 Å². The van der Waals surface area contributed by atoms with Crippen molar-refractivity contribution in [1.82, 2.24) is 5.32 Å². The molecule has 0 unspecified atom stereocenters. The summed E-state index contributed by atoms with van der Waals surface area (Å²) >= 11 is 0. The number of carbonyl (C=O) groups excluding carboxylic acids is 1. The van der Waals surface area contributed by atoms with E-state index >= 15 is 0 Å². The average Bonchev–Trinajstić information content (AvgIpc) is 2.26. The summed E-state index contributed by atoms with van der Waals surface area (Å²) in [6.07, 6.45) is 0.174. The molecule has 92 valence electrons. The molecule has 0 spiro atoms. The highest BCUT2D eigenvalue weighted by molar-refractivity contribution is 5.87. The number of amides is 1. The molecule has 1 aromatic carbocycles. The minimum atomic E-state index is -1.50. The molecule has 1 amide bonds. The van der Waals surface area contributed by atoms with E-state index in [1.165, 1.54) is 31.2 Å². The van der Waals surface area contributed by atoms with E-state index in [0.717, 1.165) is 0 Å². The predicted molar refractivity (Wildman–Crippen MR) is 59.8 cm³/mol. The van der Waals surface area contributed by atoms with Crippen molar-refractivity contribution in [2.75, 3.05) is 0 Å². The topological polar surface area (TPSA) is 66.4 Å². The summed E-state index contributed by atoms with van der Waals surface area (Å²) in [5.41, 5.74) is -1.15. The lowest BCUT2D eigenvalue weighted by molar-refractivity contribution is -0.148. The van der Waals surface area contributed by atoms with E-state index in [1.807, 2.05) is 0 Å². The standard InChI is InChI=1S/C12H14FNO3/c1-3-12(11(16)17,14-8(2)15)9-4-6-10(13)7-5-9/h4-7H,3H2,1-2H3,(H,14,15)(H,16,17)/t12-/m1/s1. The Morgan fingerprint density at radius 3 is 2.24 bits per heavy atom. The monoisotopic (exact) mass is 239 g/mol. The van der Waals surface area contributed by atoms with Crippen LogP contribution in [0.15, 0.2) is 24.3 Å². The van der Waals surface area contributed by atoms with Crippen LogP contribution < -0.4 is 5.32 Å². The number of carboxylic acids is 1. The van der Waals surface area contributed by atoms with E-state index < -0.39 is 23.2 Å². The molecular weight excluding hydrogens is 225 g/mol. The van der Waals surface area contributed by atoms with Gasteiger partial charge in [0, 0.05) is 6.92 Å². The fourth-order valence-corrected chi connectivity index (χ4v) is 1.73. The Hall–Kier alpha value is -1.91. The molecule has 0 saturated carbocycles. The Labute approximate surface area is 98.5 Å². The van der Waals surface area contributed by atoms with Gasteiger partial charge in [-0.3, -0.25) is 4.79 Å². The molecule has 1 atom stereocenters. The number of nitrogens with one attached hydrogen (secondary N) is 1. The van der Waals surface area contributed by atoms with Crippen molar-refractivity contribution in [1.29, 1.82) is 0 Å². The summed E-state index contributed by atoms with van der Waals surface area (Å²) in [6, 6.07) is 5.07. The maximum Gasteiger partial charge on any atom is 0.334 e. The van der Waals surface area contributed by atoms with Crippen LogP contribution in [0.5, 0.6) is 0 Å². The summed E-state index contributed by atoms with van der Waals surface area (Å²) in [5, 5.41) is 11.7. The Kier molecular flexibility index (Phi) is 3.83. The zero-order chi connectivity index (χ0) is 13.1. The molecule has 0 fully saturated rings. The van der Waals surface area contributed by atoms with E-state index in [1.54, 1.807) is 6.92 Å². The fraction of sp³-hybridized carbons (Fsp3) is 0.333. The number of rotatable bonds is 4. The molecule has 0 aliphatic rings. The van der Waals surface area contributed by atoms with Crippen molar-refractivity contribution in [3.8, 4) is 0 Å². The van der Waals surface area contributed by atoms with Gasteiger partial charge in [0.2, 0.25) is 5.91 Å². The fourth-order valence-electron chi connectivity index (χ4n) is 1.73. The van der Waals surface area contributed by atoms with Crippen molar-refractivity contribution in [3.05, 3.63) is 35.6 Å². The SMILES string of the molecule is CC[C@](NC(C)=O)(C(=O)O)c1ccc(F)cc1. The van der Waals surface area contributed by atoms with Crippen molar-refractivity contribution >= 4 is 11.9 Å². The van der Waals surface area contributed by atoms with Crippen LogP contribution >= 0.6 is 0 Å². The van der Waals surface area contributed by atoms with Gasteiger partial charge in [0.15, 0.2) is 5.54 Å². The average molecular weight is 239 g/mol. The summed E-state index contributed by atoms with van der Waals surface area (Å²) in [6.45, 7) is 2.89. The lowest BCUT2D eigenvalue weighted by atomic mass is 9.87. The molecular formula is C12H14FNO3. The van der Waals surface area contributed by atoms with Crippen LogP contribution in [0.2, 0.25) is 0 Å². The third-order valence-corrected chi connectivity index (χ3v) is 2.62. The smallest absolute Gasteiger partial charge is 0.334 e. The first-order chi connectivity index (χ1) is 7.92. The number of halogens is 1. The minimum Gasteiger partial charge on any atom is -0.479 e. The molecule has 2 N–H and O–H groups in total. The van der Waals surface area contributed by atoms with Crippen LogP contribution in [0, 0.1) is 5.82 Å². The molecule has 0 saturated heterocycles. The van der Waals surface area contributed by atoms with Gasteiger partial charge in [0.1, 0.15) is 5.82 Å². The summed E-state index contributed by atoms with van der Waals surface area (Å²) in [4.78, 5) is 22.5. The normalized spacial score (nSPS) is 13.8. The van der Waals surface area contributed by atoms with Gasteiger partial charge >= 0.3 is 5.97 Å². The van der Waals surface area contributed by atoms with Crippen molar-refractivity contribution < 1.29 is 19.1 Å². The van der Waals surface area contributed by atoms with Gasteiger partial charge in [-0.1, -0.05) is 19.1 Å². The first-order valence-electron chi connectivity index (χ1n) is 5.20. The summed E-state index contributed by atoms with van der Waals surface area (Å²) < 4.78 is 12.8. The van der Waals surface area contributed by atoms with Gasteiger partial charge in [-0.2, -0.15) is 0 Å². The van der Waals surface area contributed by atoms with Crippen molar-refractivity contribution in [2.45, 2.75) is 25.8 Å². The molecule has 0 bridgehead atoms. The number of aliphatic carboxylic acids is 1. The highest BCUT2D eigenvalue weighted by Gasteiger charge is 2.39. The first-order valence-corrected chi connectivity index (χ1v) is 5.20. The number of benzene rings is 1. The van der Waals surface area contributed by atoms with Crippen LogP contribution in [-0.2, 0) is 15.1 Å². The van der Waals surface area contributed by atoms with Crippen LogP contribution in [0.3, 0.4) is 0 Å². The van der Waals surface area contributed by atoms with E-state index in [2.05, 4.69) is 5.32 Å². The molecule has 0 heterocycles. The van der Waals surface area contributed by atoms with Crippen LogP contribution in [0.1, 0.15) is 25.8 Å². The number of hydrogen-bond donors (Lipinski definition) is 2. The molecule has 0 aliphatic heterocycles. The van der Waals surface area contributed by atoms with E-state index in [-0.39, 0.29) is 6.42 Å². The highest BCUT2D eigenvalue weighted by atomic mass is 19.1. The zero-order valence-electron chi connectivity index (χ0n) is 9.66. The lowest BCUT2D eigenvalue weighted by Crippen LogP contribution is -2.50. The molecule has 0 aliphatic carbocycles.